The number of hydrogen-bond acceptors (Lipinski definition) is 6. The molecule has 0 saturated carbocycles. The summed E-state index contributed by atoms with van der Waals surface area (Å²) < 4.78 is 15.4. The van der Waals surface area contributed by atoms with E-state index in [9.17, 15) is 14.4 Å². The van der Waals surface area contributed by atoms with Crippen LogP contribution in [0, 0.1) is 6.92 Å². The van der Waals surface area contributed by atoms with Crippen molar-refractivity contribution in [1.82, 2.24) is 0 Å². The van der Waals surface area contributed by atoms with Crippen LogP contribution in [0.25, 0.3) is 0 Å². The van der Waals surface area contributed by atoms with E-state index < -0.39 is 23.9 Å². The summed E-state index contributed by atoms with van der Waals surface area (Å²) in [4.78, 5) is 36.7. The molecule has 2 aromatic rings. The van der Waals surface area contributed by atoms with Gasteiger partial charge in [0.1, 0.15) is 5.75 Å². The third-order valence-electron chi connectivity index (χ3n) is 4.57. The van der Waals surface area contributed by atoms with Crippen LogP contribution in [0.3, 0.4) is 0 Å². The fraction of sp³-hybridized carbons (Fsp3) is 0.348. The molecule has 0 aliphatic rings. The molecule has 1 atom stereocenters. The van der Waals surface area contributed by atoms with E-state index in [0.29, 0.717) is 5.75 Å². The Labute approximate surface area is 176 Å². The number of anilines is 1. The Morgan fingerprint density at radius 1 is 0.900 bits per heavy atom. The van der Waals surface area contributed by atoms with Gasteiger partial charge in [-0.3, -0.25) is 4.79 Å². The number of methoxy groups -OCH3 is 2. The van der Waals surface area contributed by atoms with E-state index in [1.165, 1.54) is 32.4 Å². The maximum absolute atomic E-state index is 12.8. The highest BCUT2D eigenvalue weighted by Crippen LogP contribution is 2.28. The van der Waals surface area contributed by atoms with Crippen LogP contribution in [0.5, 0.6) is 5.75 Å². The molecule has 1 amide bonds. The molecule has 30 heavy (non-hydrogen) atoms. The van der Waals surface area contributed by atoms with Gasteiger partial charge in [-0.25, -0.2) is 9.59 Å². The summed E-state index contributed by atoms with van der Waals surface area (Å²) in [6.45, 7) is 7.65. The Kier molecular flexibility index (Phi) is 7.58. The molecule has 0 spiro atoms. The molecule has 7 heteroatoms. The largest absolute Gasteiger partial charge is 0.481 e. The summed E-state index contributed by atoms with van der Waals surface area (Å²) >= 11 is 0. The first-order valence-electron chi connectivity index (χ1n) is 9.56. The van der Waals surface area contributed by atoms with Gasteiger partial charge in [-0.05, 0) is 55.2 Å². The lowest BCUT2D eigenvalue weighted by Crippen LogP contribution is -2.31. The van der Waals surface area contributed by atoms with Gasteiger partial charge in [0.15, 0.2) is 6.10 Å². The summed E-state index contributed by atoms with van der Waals surface area (Å²) in [5.41, 5.74) is 2.45. The molecule has 0 saturated heterocycles. The number of carbonyl (C=O) groups excluding carboxylic acids is 3. The van der Waals surface area contributed by atoms with E-state index in [-0.39, 0.29) is 22.7 Å². The van der Waals surface area contributed by atoms with Crippen LogP contribution >= 0.6 is 0 Å². The van der Waals surface area contributed by atoms with E-state index in [2.05, 4.69) is 5.32 Å². The highest BCUT2D eigenvalue weighted by molar-refractivity contribution is 6.04. The molecular weight excluding hydrogens is 386 g/mol. The molecule has 2 rings (SSSR count). The zero-order valence-electron chi connectivity index (χ0n) is 18.1. The number of rotatable bonds is 7. The lowest BCUT2D eigenvalue weighted by molar-refractivity contribution is -0.122. The van der Waals surface area contributed by atoms with Gasteiger partial charge in [-0.2, -0.15) is 0 Å². The minimum atomic E-state index is -0.850. The Morgan fingerprint density at radius 2 is 1.57 bits per heavy atom. The molecule has 0 aromatic heterocycles. The molecule has 0 fully saturated rings. The van der Waals surface area contributed by atoms with E-state index in [4.69, 9.17) is 14.2 Å². The lowest BCUT2D eigenvalue weighted by atomic mass is 10.0. The van der Waals surface area contributed by atoms with Crippen LogP contribution in [0.2, 0.25) is 0 Å². The first-order chi connectivity index (χ1) is 14.2. The average Bonchev–Trinajstić information content (AvgIpc) is 2.72. The summed E-state index contributed by atoms with van der Waals surface area (Å²) in [5, 5.41) is 2.66. The number of hydrogen-bond donors (Lipinski definition) is 1. The minimum Gasteiger partial charge on any atom is -0.481 e. The van der Waals surface area contributed by atoms with Crippen LogP contribution in [-0.2, 0) is 14.3 Å². The highest BCUT2D eigenvalue weighted by Gasteiger charge is 2.22. The first-order valence-corrected chi connectivity index (χ1v) is 9.56. The maximum Gasteiger partial charge on any atom is 0.339 e. The third kappa shape index (κ3) is 5.37. The molecule has 0 heterocycles. The second kappa shape index (κ2) is 9.91. The van der Waals surface area contributed by atoms with Gasteiger partial charge in [0.25, 0.3) is 5.91 Å². The van der Waals surface area contributed by atoms with Crippen molar-refractivity contribution in [2.24, 2.45) is 0 Å². The van der Waals surface area contributed by atoms with Gasteiger partial charge >= 0.3 is 11.9 Å². The fourth-order valence-corrected chi connectivity index (χ4v) is 2.88. The van der Waals surface area contributed by atoms with Crippen molar-refractivity contribution in [3.05, 3.63) is 58.7 Å². The Bertz CT molecular complexity index is 951. The van der Waals surface area contributed by atoms with Gasteiger partial charge in [-0.1, -0.05) is 26.0 Å². The topological polar surface area (TPSA) is 90.9 Å². The van der Waals surface area contributed by atoms with Crippen LogP contribution in [0.15, 0.2) is 36.4 Å². The van der Waals surface area contributed by atoms with Gasteiger partial charge in [0, 0.05) is 0 Å². The zero-order chi connectivity index (χ0) is 22.4. The van der Waals surface area contributed by atoms with Crippen LogP contribution in [-0.4, -0.2) is 38.2 Å². The normalized spacial score (nSPS) is 11.6. The average molecular weight is 413 g/mol. The molecule has 2 aromatic carbocycles. The van der Waals surface area contributed by atoms with E-state index in [1.54, 1.807) is 6.92 Å². The fourth-order valence-electron chi connectivity index (χ4n) is 2.88. The molecular formula is C23H27NO6. The second-order valence-corrected chi connectivity index (χ2v) is 7.19. The Morgan fingerprint density at radius 3 is 2.17 bits per heavy atom. The number of aryl methyl sites for hydroxylation is 1. The second-order valence-electron chi connectivity index (χ2n) is 7.19. The maximum atomic E-state index is 12.8. The molecule has 0 radical (unpaired) electrons. The first kappa shape index (κ1) is 22.9. The summed E-state index contributed by atoms with van der Waals surface area (Å²) in [5.74, 6) is -0.857. The molecule has 1 N–H and O–H groups in total. The quantitative estimate of drug-likeness (QED) is 0.688. The SMILES string of the molecule is COC(=O)c1ccc(C(=O)OC)c(NC(=O)[C@@H](C)Oc2cc(C)ccc2C(C)C)c1. The number of ether oxygens (including phenoxy) is 3. The number of amides is 1. The molecule has 0 aliphatic carbocycles. The smallest absolute Gasteiger partial charge is 0.339 e. The molecule has 0 bridgehead atoms. The Hall–Kier alpha value is -3.35. The Balaban J connectivity index is 2.29. The van der Waals surface area contributed by atoms with Crippen molar-refractivity contribution in [3.8, 4) is 5.75 Å². The highest BCUT2D eigenvalue weighted by atomic mass is 16.5. The van der Waals surface area contributed by atoms with Crippen molar-refractivity contribution >= 4 is 23.5 Å². The van der Waals surface area contributed by atoms with Crippen LogP contribution in [0.4, 0.5) is 5.69 Å². The third-order valence-corrected chi connectivity index (χ3v) is 4.57. The van der Waals surface area contributed by atoms with Gasteiger partial charge in [0.2, 0.25) is 0 Å². The van der Waals surface area contributed by atoms with Crippen molar-refractivity contribution < 1.29 is 28.6 Å². The van der Waals surface area contributed by atoms with Gasteiger partial charge in [0.05, 0.1) is 31.0 Å². The predicted molar refractivity (Wildman–Crippen MR) is 113 cm³/mol. The summed E-state index contributed by atoms with van der Waals surface area (Å²) in [7, 11) is 2.48. The monoisotopic (exact) mass is 413 g/mol. The number of nitrogens with one attached hydrogen (secondary N) is 1. The molecule has 0 unspecified atom stereocenters. The van der Waals surface area contributed by atoms with Crippen LogP contribution < -0.4 is 10.1 Å². The number of carbonyl (C=O) groups is 3. The summed E-state index contributed by atoms with van der Waals surface area (Å²) in [6.07, 6.45) is -0.850. The summed E-state index contributed by atoms with van der Waals surface area (Å²) in [6, 6.07) is 10.1. The van der Waals surface area contributed by atoms with E-state index >= 15 is 0 Å². The van der Waals surface area contributed by atoms with Crippen molar-refractivity contribution in [2.75, 3.05) is 19.5 Å². The standard InChI is InChI=1S/C23H27NO6/c1-13(2)17-9-7-14(3)11-20(17)30-15(4)21(25)24-19-12-16(22(26)28-5)8-10-18(19)23(27)29-6/h7-13,15H,1-6H3,(H,24,25)/t15-/m1/s1. The predicted octanol–water partition coefficient (Wildman–Crippen LogP) is 4.10. The van der Waals surface area contributed by atoms with E-state index in [1.807, 2.05) is 39.0 Å². The number of benzene rings is 2. The van der Waals surface area contributed by atoms with Crippen LogP contribution in [0.1, 0.15) is 58.5 Å². The van der Waals surface area contributed by atoms with Gasteiger partial charge in [-0.15, -0.1) is 0 Å². The minimum absolute atomic E-state index is 0.115. The van der Waals surface area contributed by atoms with Crippen molar-refractivity contribution in [2.45, 2.75) is 39.7 Å². The number of esters is 2. The van der Waals surface area contributed by atoms with E-state index in [0.717, 1.165) is 11.1 Å². The van der Waals surface area contributed by atoms with Crippen molar-refractivity contribution in [3.63, 3.8) is 0 Å². The van der Waals surface area contributed by atoms with Gasteiger partial charge < -0.3 is 19.5 Å². The molecule has 7 nitrogen and oxygen atoms in total. The molecule has 160 valence electrons. The zero-order valence-corrected chi connectivity index (χ0v) is 18.1. The lowest BCUT2D eigenvalue weighted by Gasteiger charge is -2.20. The molecule has 0 aliphatic heterocycles. The van der Waals surface area contributed by atoms with Crippen molar-refractivity contribution in [1.29, 1.82) is 0 Å².